The van der Waals surface area contributed by atoms with Gasteiger partial charge in [-0.3, -0.25) is 10.2 Å². The number of rotatable bonds is 4. The molecule has 2 amide bonds. The number of aromatic nitrogens is 2. The molecule has 8 heteroatoms. The minimum absolute atomic E-state index is 0.0832. The van der Waals surface area contributed by atoms with Crippen LogP contribution < -0.4 is 5.32 Å². The first-order valence-electron chi connectivity index (χ1n) is 8.63. The monoisotopic (exact) mass is 361 g/mol. The lowest BCUT2D eigenvalue weighted by Crippen LogP contribution is -2.43. The van der Waals surface area contributed by atoms with Gasteiger partial charge in [-0.1, -0.05) is 5.16 Å². The van der Waals surface area contributed by atoms with E-state index >= 15 is 0 Å². The minimum Gasteiger partial charge on any atom is -0.362 e. The maximum absolute atomic E-state index is 12.4. The topological polar surface area (TPSA) is 74.5 Å². The van der Waals surface area contributed by atoms with E-state index < -0.39 is 0 Å². The van der Waals surface area contributed by atoms with E-state index in [2.05, 4.69) is 27.4 Å². The lowest BCUT2D eigenvalue weighted by molar-refractivity contribution is 0.156. The van der Waals surface area contributed by atoms with Crippen molar-refractivity contribution < 1.29 is 9.32 Å². The number of carbonyl (C=O) groups excluding carboxylic acids is 1. The van der Waals surface area contributed by atoms with Gasteiger partial charge in [-0.25, -0.2) is 9.78 Å². The molecule has 1 saturated carbocycles. The molecule has 3 heterocycles. The molecule has 0 bridgehead atoms. The fraction of sp³-hybridized carbons (Fsp3) is 0.588. The Morgan fingerprint density at radius 2 is 2.32 bits per heavy atom. The van der Waals surface area contributed by atoms with Gasteiger partial charge in [-0.05, 0) is 38.6 Å². The summed E-state index contributed by atoms with van der Waals surface area (Å²) in [7, 11) is 2.19. The molecule has 4 rings (SSSR count). The summed E-state index contributed by atoms with van der Waals surface area (Å²) >= 11 is 1.71. The molecule has 0 aromatic carbocycles. The molecule has 25 heavy (non-hydrogen) atoms. The van der Waals surface area contributed by atoms with E-state index in [-0.39, 0.29) is 6.03 Å². The summed E-state index contributed by atoms with van der Waals surface area (Å²) in [6.07, 6.45) is 6.75. The van der Waals surface area contributed by atoms with Crippen molar-refractivity contribution in [3.63, 3.8) is 0 Å². The number of aryl methyl sites for hydroxylation is 1. The quantitative estimate of drug-likeness (QED) is 0.906. The van der Waals surface area contributed by atoms with Crippen molar-refractivity contribution >= 4 is 23.2 Å². The largest absolute Gasteiger partial charge is 0.362 e. The Kier molecular flexibility index (Phi) is 4.24. The molecule has 1 spiro atoms. The Morgan fingerprint density at radius 1 is 1.52 bits per heavy atom. The third kappa shape index (κ3) is 3.28. The van der Waals surface area contributed by atoms with Crippen LogP contribution in [0.3, 0.4) is 0 Å². The number of hydrogen-bond donors (Lipinski definition) is 1. The molecule has 0 radical (unpaired) electrons. The highest BCUT2D eigenvalue weighted by Gasteiger charge is 2.56. The number of piperidine rings is 1. The Bertz CT molecular complexity index is 736. The average molecular weight is 361 g/mol. The smallest absolute Gasteiger partial charge is 0.323 e. The molecule has 1 atom stereocenters. The van der Waals surface area contributed by atoms with Crippen LogP contribution in [0.25, 0.3) is 0 Å². The SMILES string of the molecule is Cc1conc1NC(=O)N1CCC2(CC1)CC2N(C)Cc1nccs1. The van der Waals surface area contributed by atoms with Gasteiger partial charge in [0.1, 0.15) is 11.3 Å². The molecule has 1 aliphatic heterocycles. The highest BCUT2D eigenvalue weighted by molar-refractivity contribution is 7.09. The Hall–Kier alpha value is -1.93. The summed E-state index contributed by atoms with van der Waals surface area (Å²) in [5.41, 5.74) is 1.22. The number of likely N-dealkylation sites (tertiary alicyclic amines) is 1. The normalized spacial score (nSPS) is 21.7. The minimum atomic E-state index is -0.0832. The number of thiazole rings is 1. The predicted octanol–water partition coefficient (Wildman–Crippen LogP) is 2.96. The number of urea groups is 1. The highest BCUT2D eigenvalue weighted by atomic mass is 32.1. The number of hydrogen-bond acceptors (Lipinski definition) is 6. The molecule has 1 N–H and O–H groups in total. The first-order valence-corrected chi connectivity index (χ1v) is 9.51. The third-order valence-electron chi connectivity index (χ3n) is 5.57. The number of amides is 2. The number of nitrogens with zero attached hydrogens (tertiary/aromatic N) is 4. The summed E-state index contributed by atoms with van der Waals surface area (Å²) in [5, 5.41) is 9.85. The zero-order valence-electron chi connectivity index (χ0n) is 14.6. The van der Waals surface area contributed by atoms with Crippen LogP contribution in [0.5, 0.6) is 0 Å². The molecule has 1 aliphatic carbocycles. The molecule has 1 unspecified atom stereocenters. The summed E-state index contributed by atoms with van der Waals surface area (Å²) in [6, 6.07) is 0.527. The first-order chi connectivity index (χ1) is 12.1. The second-order valence-electron chi connectivity index (χ2n) is 7.19. The van der Waals surface area contributed by atoms with Gasteiger partial charge < -0.3 is 9.42 Å². The zero-order chi connectivity index (χ0) is 17.4. The van der Waals surface area contributed by atoms with E-state index in [1.807, 2.05) is 23.4 Å². The second kappa shape index (κ2) is 6.42. The van der Waals surface area contributed by atoms with E-state index in [9.17, 15) is 4.79 Å². The van der Waals surface area contributed by atoms with Gasteiger partial charge in [0, 0.05) is 36.3 Å². The summed E-state index contributed by atoms with van der Waals surface area (Å²) in [4.78, 5) is 21.1. The van der Waals surface area contributed by atoms with Gasteiger partial charge in [-0.2, -0.15) is 0 Å². The molecular weight excluding hydrogens is 338 g/mol. The lowest BCUT2D eigenvalue weighted by atomic mass is 9.92. The van der Waals surface area contributed by atoms with Crippen LogP contribution in [0.15, 0.2) is 22.4 Å². The zero-order valence-corrected chi connectivity index (χ0v) is 15.4. The Balaban J connectivity index is 1.29. The molecule has 2 aliphatic rings. The van der Waals surface area contributed by atoms with Crippen molar-refractivity contribution in [3.8, 4) is 0 Å². The van der Waals surface area contributed by atoms with Gasteiger partial charge >= 0.3 is 6.03 Å². The van der Waals surface area contributed by atoms with Crippen LogP contribution in [-0.4, -0.2) is 52.2 Å². The van der Waals surface area contributed by atoms with E-state index in [4.69, 9.17) is 4.52 Å². The molecule has 2 fully saturated rings. The molecule has 134 valence electrons. The van der Waals surface area contributed by atoms with Crippen LogP contribution in [0, 0.1) is 12.3 Å². The summed E-state index contributed by atoms with van der Waals surface area (Å²) < 4.78 is 4.87. The van der Waals surface area contributed by atoms with E-state index in [1.54, 1.807) is 11.3 Å². The maximum atomic E-state index is 12.4. The standard InChI is InChI=1S/C17H23N5O2S/c1-12-11-24-20-15(12)19-16(23)22-6-3-17(4-7-22)9-13(17)21(2)10-14-18-5-8-25-14/h5,8,11,13H,3-4,6-7,9-10H2,1-2H3,(H,19,20,23). The van der Waals surface area contributed by atoms with Crippen molar-refractivity contribution in [2.24, 2.45) is 5.41 Å². The van der Waals surface area contributed by atoms with Crippen molar-refractivity contribution in [2.45, 2.75) is 38.8 Å². The first kappa shape index (κ1) is 16.5. The fourth-order valence-electron chi connectivity index (χ4n) is 3.88. The Morgan fingerprint density at radius 3 is 2.96 bits per heavy atom. The van der Waals surface area contributed by atoms with Crippen molar-refractivity contribution in [3.05, 3.63) is 28.4 Å². The highest BCUT2D eigenvalue weighted by Crippen LogP contribution is 2.56. The van der Waals surface area contributed by atoms with Gasteiger partial charge in [0.25, 0.3) is 0 Å². The van der Waals surface area contributed by atoms with E-state index in [0.29, 0.717) is 17.3 Å². The van der Waals surface area contributed by atoms with Crippen LogP contribution in [-0.2, 0) is 6.54 Å². The second-order valence-corrected chi connectivity index (χ2v) is 8.17. The molecule has 2 aromatic rings. The van der Waals surface area contributed by atoms with Crippen LogP contribution >= 0.6 is 11.3 Å². The molecule has 2 aromatic heterocycles. The summed E-state index contributed by atoms with van der Waals surface area (Å²) in [5.74, 6) is 0.512. The number of nitrogens with one attached hydrogen (secondary N) is 1. The predicted molar refractivity (Wildman–Crippen MR) is 95.5 cm³/mol. The summed E-state index contributed by atoms with van der Waals surface area (Å²) in [6.45, 7) is 4.37. The number of carbonyl (C=O) groups is 1. The molecular formula is C17H23N5O2S. The molecule has 7 nitrogen and oxygen atoms in total. The van der Waals surface area contributed by atoms with E-state index in [0.717, 1.165) is 38.0 Å². The van der Waals surface area contributed by atoms with Crippen molar-refractivity contribution in [2.75, 3.05) is 25.5 Å². The van der Waals surface area contributed by atoms with Gasteiger partial charge in [0.2, 0.25) is 0 Å². The van der Waals surface area contributed by atoms with Gasteiger partial charge in [-0.15, -0.1) is 11.3 Å². The van der Waals surface area contributed by atoms with Gasteiger partial charge in [0.05, 0.1) is 6.54 Å². The van der Waals surface area contributed by atoms with Crippen molar-refractivity contribution in [1.29, 1.82) is 0 Å². The van der Waals surface area contributed by atoms with Gasteiger partial charge in [0.15, 0.2) is 5.82 Å². The van der Waals surface area contributed by atoms with Crippen LogP contribution in [0.2, 0.25) is 0 Å². The molecule has 1 saturated heterocycles. The van der Waals surface area contributed by atoms with E-state index in [1.165, 1.54) is 17.7 Å². The maximum Gasteiger partial charge on any atom is 0.323 e. The number of anilines is 1. The average Bonchev–Trinajstić information content (AvgIpc) is 2.92. The third-order valence-corrected chi connectivity index (χ3v) is 6.33. The fourth-order valence-corrected chi connectivity index (χ4v) is 4.56. The van der Waals surface area contributed by atoms with Crippen LogP contribution in [0.4, 0.5) is 10.6 Å². The van der Waals surface area contributed by atoms with Crippen LogP contribution in [0.1, 0.15) is 29.8 Å². The lowest BCUT2D eigenvalue weighted by Gasteiger charge is -2.34. The Labute approximate surface area is 151 Å². The van der Waals surface area contributed by atoms with Crippen molar-refractivity contribution in [1.82, 2.24) is 19.9 Å².